The summed E-state index contributed by atoms with van der Waals surface area (Å²) in [6.07, 6.45) is -1.19. The number of β-amino-alcohol motifs (C(OH)–C–C–N with tert-alkyl or cyclic N) is 1. The number of carboxylic acids is 1. The summed E-state index contributed by atoms with van der Waals surface area (Å²) in [6.45, 7) is -0.256. The van der Waals surface area contributed by atoms with Crippen LogP contribution < -0.4 is 5.32 Å². The minimum Gasteiger partial charge on any atom is -0.480 e. The molecule has 114 valence electrons. The van der Waals surface area contributed by atoms with Crippen LogP contribution in [0.3, 0.4) is 0 Å². The van der Waals surface area contributed by atoms with Crippen molar-refractivity contribution in [1.82, 2.24) is 4.90 Å². The SMILES string of the molecule is O=C(O)C1CC(O)CN1C(=O)Nc1ccc(F)c(F)c1F. The first-order valence-corrected chi connectivity index (χ1v) is 5.93. The van der Waals surface area contributed by atoms with E-state index in [9.17, 15) is 27.9 Å². The Hall–Kier alpha value is -2.29. The maximum Gasteiger partial charge on any atom is 0.326 e. The van der Waals surface area contributed by atoms with E-state index in [1.165, 1.54) is 0 Å². The molecular weight excluding hydrogens is 293 g/mol. The predicted molar refractivity (Wildman–Crippen MR) is 64.1 cm³/mol. The van der Waals surface area contributed by atoms with E-state index < -0.39 is 47.3 Å². The van der Waals surface area contributed by atoms with Gasteiger partial charge in [0.15, 0.2) is 17.5 Å². The average Bonchev–Trinajstić information content (AvgIpc) is 2.82. The molecular formula is C12H11F3N2O4. The fourth-order valence-corrected chi connectivity index (χ4v) is 2.08. The topological polar surface area (TPSA) is 89.9 Å². The molecule has 1 aromatic rings. The van der Waals surface area contributed by atoms with E-state index in [0.29, 0.717) is 6.07 Å². The van der Waals surface area contributed by atoms with Gasteiger partial charge < -0.3 is 20.4 Å². The number of benzene rings is 1. The van der Waals surface area contributed by atoms with Gasteiger partial charge in [-0.3, -0.25) is 0 Å². The standard InChI is InChI=1S/C12H11F3N2O4/c13-6-1-2-7(10(15)9(6)14)16-12(21)17-4-5(18)3-8(17)11(19)20/h1-2,5,8,18H,3-4H2,(H,16,21)(H,19,20). The normalized spacial score (nSPS) is 21.4. The molecule has 21 heavy (non-hydrogen) atoms. The summed E-state index contributed by atoms with van der Waals surface area (Å²) in [6, 6.07) is -0.854. The molecule has 2 rings (SSSR count). The number of likely N-dealkylation sites (tertiary alicyclic amines) is 1. The molecule has 0 bridgehead atoms. The second-order valence-electron chi connectivity index (χ2n) is 4.55. The Labute approximate surface area is 116 Å². The Morgan fingerprint density at radius 3 is 2.52 bits per heavy atom. The molecule has 0 aromatic heterocycles. The number of aliphatic hydroxyl groups excluding tert-OH is 1. The molecule has 1 saturated heterocycles. The zero-order valence-corrected chi connectivity index (χ0v) is 10.5. The van der Waals surface area contributed by atoms with Crippen LogP contribution in [-0.2, 0) is 4.79 Å². The van der Waals surface area contributed by atoms with Gasteiger partial charge >= 0.3 is 12.0 Å². The van der Waals surface area contributed by atoms with Crippen molar-refractivity contribution in [2.45, 2.75) is 18.6 Å². The minimum atomic E-state index is -1.75. The highest BCUT2D eigenvalue weighted by molar-refractivity contribution is 5.92. The number of hydrogen-bond donors (Lipinski definition) is 3. The summed E-state index contributed by atoms with van der Waals surface area (Å²) in [4.78, 5) is 23.6. The molecule has 0 radical (unpaired) electrons. The van der Waals surface area contributed by atoms with Crippen LogP contribution >= 0.6 is 0 Å². The largest absolute Gasteiger partial charge is 0.480 e. The van der Waals surface area contributed by atoms with Crippen LogP contribution in [0.2, 0.25) is 0 Å². The maximum absolute atomic E-state index is 13.4. The molecule has 1 fully saturated rings. The van der Waals surface area contributed by atoms with Crippen LogP contribution in [0.15, 0.2) is 12.1 Å². The van der Waals surface area contributed by atoms with E-state index in [0.717, 1.165) is 11.0 Å². The fourth-order valence-electron chi connectivity index (χ4n) is 2.08. The van der Waals surface area contributed by atoms with Gasteiger partial charge in [0, 0.05) is 13.0 Å². The molecule has 1 aliphatic rings. The van der Waals surface area contributed by atoms with Crippen LogP contribution in [0.5, 0.6) is 0 Å². The Morgan fingerprint density at radius 2 is 1.90 bits per heavy atom. The summed E-state index contributed by atoms with van der Waals surface area (Å²) < 4.78 is 39.2. The molecule has 6 nitrogen and oxygen atoms in total. The first kappa shape index (κ1) is 15.1. The number of carbonyl (C=O) groups is 2. The highest BCUT2D eigenvalue weighted by atomic mass is 19.2. The molecule has 0 spiro atoms. The van der Waals surface area contributed by atoms with Crippen molar-refractivity contribution in [2.24, 2.45) is 0 Å². The quantitative estimate of drug-likeness (QED) is 0.715. The number of carbonyl (C=O) groups excluding carboxylic acids is 1. The summed E-state index contributed by atoms with van der Waals surface area (Å²) >= 11 is 0. The van der Waals surface area contributed by atoms with E-state index in [4.69, 9.17) is 5.11 Å². The third-order valence-corrected chi connectivity index (χ3v) is 3.10. The first-order chi connectivity index (χ1) is 9.81. The van der Waals surface area contributed by atoms with Crippen LogP contribution in [0, 0.1) is 17.5 Å². The molecule has 2 unspecified atom stereocenters. The summed E-state index contributed by atoms with van der Waals surface area (Å²) in [5.41, 5.74) is -0.621. The lowest BCUT2D eigenvalue weighted by Crippen LogP contribution is -2.43. The predicted octanol–water partition coefficient (Wildman–Crippen LogP) is 1.16. The lowest BCUT2D eigenvalue weighted by molar-refractivity contribution is -0.141. The van der Waals surface area contributed by atoms with Crippen LogP contribution in [0.1, 0.15) is 6.42 Å². The fraction of sp³-hybridized carbons (Fsp3) is 0.333. The summed E-state index contributed by atoms with van der Waals surface area (Å²) in [7, 11) is 0. The summed E-state index contributed by atoms with van der Waals surface area (Å²) in [5, 5.41) is 20.3. The number of urea groups is 1. The van der Waals surface area contributed by atoms with Crippen molar-refractivity contribution in [3.05, 3.63) is 29.6 Å². The smallest absolute Gasteiger partial charge is 0.326 e. The monoisotopic (exact) mass is 304 g/mol. The third-order valence-electron chi connectivity index (χ3n) is 3.10. The Balaban J connectivity index is 2.18. The number of anilines is 1. The highest BCUT2D eigenvalue weighted by Gasteiger charge is 2.39. The zero-order chi connectivity index (χ0) is 15.7. The van der Waals surface area contributed by atoms with E-state index in [-0.39, 0.29) is 13.0 Å². The number of rotatable bonds is 2. The van der Waals surface area contributed by atoms with Gasteiger partial charge in [-0.1, -0.05) is 0 Å². The molecule has 1 aliphatic heterocycles. The van der Waals surface area contributed by atoms with Crippen LogP contribution in [-0.4, -0.2) is 45.8 Å². The van der Waals surface area contributed by atoms with Crippen molar-refractivity contribution in [3.63, 3.8) is 0 Å². The maximum atomic E-state index is 13.4. The van der Waals surface area contributed by atoms with Crippen molar-refractivity contribution < 1.29 is 33.0 Å². The Morgan fingerprint density at radius 1 is 1.24 bits per heavy atom. The second kappa shape index (κ2) is 5.60. The van der Waals surface area contributed by atoms with Gasteiger partial charge in [-0.2, -0.15) is 0 Å². The lowest BCUT2D eigenvalue weighted by atomic mass is 10.2. The van der Waals surface area contributed by atoms with Gasteiger partial charge in [0.25, 0.3) is 0 Å². The average molecular weight is 304 g/mol. The van der Waals surface area contributed by atoms with Crippen LogP contribution in [0.25, 0.3) is 0 Å². The van der Waals surface area contributed by atoms with Gasteiger partial charge in [-0.05, 0) is 12.1 Å². The molecule has 3 N–H and O–H groups in total. The third kappa shape index (κ3) is 2.92. The molecule has 9 heteroatoms. The number of amides is 2. The van der Waals surface area contributed by atoms with Crippen molar-refractivity contribution in [1.29, 1.82) is 0 Å². The van der Waals surface area contributed by atoms with Gasteiger partial charge in [-0.15, -0.1) is 0 Å². The Bertz CT molecular complexity index is 596. The number of halogens is 3. The number of aliphatic carboxylic acids is 1. The van der Waals surface area contributed by atoms with Gasteiger partial charge in [0.2, 0.25) is 0 Å². The Kier molecular flexibility index (Phi) is 4.03. The lowest BCUT2D eigenvalue weighted by Gasteiger charge is -2.21. The number of carboxylic acid groups (broad SMARTS) is 1. The van der Waals surface area contributed by atoms with Crippen molar-refractivity contribution in [2.75, 3.05) is 11.9 Å². The molecule has 1 aromatic carbocycles. The van der Waals surface area contributed by atoms with Crippen molar-refractivity contribution >= 4 is 17.7 Å². The minimum absolute atomic E-state index is 0.164. The molecule has 2 atom stereocenters. The van der Waals surface area contributed by atoms with E-state index in [1.807, 2.05) is 5.32 Å². The van der Waals surface area contributed by atoms with E-state index in [1.54, 1.807) is 0 Å². The van der Waals surface area contributed by atoms with E-state index in [2.05, 4.69) is 0 Å². The van der Waals surface area contributed by atoms with Crippen molar-refractivity contribution in [3.8, 4) is 0 Å². The zero-order valence-electron chi connectivity index (χ0n) is 10.5. The van der Waals surface area contributed by atoms with Crippen LogP contribution in [0.4, 0.5) is 23.7 Å². The number of aliphatic hydroxyl groups is 1. The summed E-state index contributed by atoms with van der Waals surface area (Å²) in [5.74, 6) is -6.07. The number of nitrogens with zero attached hydrogens (tertiary/aromatic N) is 1. The van der Waals surface area contributed by atoms with E-state index >= 15 is 0 Å². The molecule has 0 aliphatic carbocycles. The number of nitrogens with one attached hydrogen (secondary N) is 1. The molecule has 2 amide bonds. The first-order valence-electron chi connectivity index (χ1n) is 5.93. The van der Waals surface area contributed by atoms with Gasteiger partial charge in [-0.25, -0.2) is 22.8 Å². The molecule has 0 saturated carbocycles. The second-order valence-corrected chi connectivity index (χ2v) is 4.55. The highest BCUT2D eigenvalue weighted by Crippen LogP contribution is 2.23. The molecule has 1 heterocycles. The van der Waals surface area contributed by atoms with Gasteiger partial charge in [0.05, 0.1) is 11.8 Å². The van der Waals surface area contributed by atoms with Gasteiger partial charge in [0.1, 0.15) is 6.04 Å². The number of hydrogen-bond acceptors (Lipinski definition) is 3.